The Balaban J connectivity index is 2.14. The number of hydrogen-bond acceptors (Lipinski definition) is 3. The van der Waals surface area contributed by atoms with Gasteiger partial charge in [0.1, 0.15) is 6.33 Å². The van der Waals surface area contributed by atoms with Crippen LogP contribution >= 0.6 is 0 Å². The third-order valence-corrected chi connectivity index (χ3v) is 3.17. The first-order chi connectivity index (χ1) is 10.6. The lowest BCUT2D eigenvalue weighted by atomic mass is 10.00. The van der Waals surface area contributed by atoms with Crippen molar-refractivity contribution in [3.05, 3.63) is 66.9 Å². The first-order valence-corrected chi connectivity index (χ1v) is 6.44. The van der Waals surface area contributed by atoms with Gasteiger partial charge in [0.25, 0.3) is 0 Å². The van der Waals surface area contributed by atoms with Crippen LogP contribution in [0.2, 0.25) is 0 Å². The molecule has 3 aromatic rings. The third kappa shape index (κ3) is 2.81. The van der Waals surface area contributed by atoms with Gasteiger partial charge >= 0.3 is 6.18 Å². The molecule has 0 spiro atoms. The number of hydrogen-bond donors (Lipinski definition) is 0. The number of pyridine rings is 1. The molecule has 0 amide bonds. The predicted octanol–water partition coefficient (Wildman–Crippen LogP) is 4.22. The fraction of sp³-hybridized carbons (Fsp3) is 0.0625. The first-order valence-electron chi connectivity index (χ1n) is 6.44. The molecule has 0 atom stereocenters. The van der Waals surface area contributed by atoms with E-state index in [4.69, 9.17) is 0 Å². The van der Waals surface area contributed by atoms with Gasteiger partial charge in [-0.05, 0) is 29.8 Å². The molecule has 6 heteroatoms. The molecular formula is C16H10F3N3. The molecule has 2 heterocycles. The van der Waals surface area contributed by atoms with E-state index in [1.54, 1.807) is 30.6 Å². The highest BCUT2D eigenvalue weighted by molar-refractivity contribution is 5.80. The molecule has 22 heavy (non-hydrogen) atoms. The van der Waals surface area contributed by atoms with Crippen molar-refractivity contribution in [1.29, 1.82) is 0 Å². The number of halogens is 3. The summed E-state index contributed by atoms with van der Waals surface area (Å²) in [5, 5.41) is 0. The van der Waals surface area contributed by atoms with Gasteiger partial charge < -0.3 is 0 Å². The Morgan fingerprint density at radius 2 is 1.64 bits per heavy atom. The van der Waals surface area contributed by atoms with Crippen LogP contribution in [0, 0.1) is 0 Å². The molecule has 3 rings (SSSR count). The average molecular weight is 301 g/mol. The zero-order valence-electron chi connectivity index (χ0n) is 11.2. The molecule has 0 aliphatic heterocycles. The molecule has 0 N–H and O–H groups in total. The standard InChI is InChI=1S/C16H10F3N3/c17-16(18,19)13-3-1-2-12(8-13)14-9-21-10-22-15(14)11-4-6-20-7-5-11/h1-10H. The summed E-state index contributed by atoms with van der Waals surface area (Å²) in [5.74, 6) is 0. The highest BCUT2D eigenvalue weighted by Crippen LogP contribution is 2.34. The fourth-order valence-electron chi connectivity index (χ4n) is 2.14. The molecule has 2 aromatic heterocycles. The van der Waals surface area contributed by atoms with Crippen molar-refractivity contribution in [1.82, 2.24) is 15.0 Å². The zero-order chi connectivity index (χ0) is 15.6. The summed E-state index contributed by atoms with van der Waals surface area (Å²) in [7, 11) is 0. The minimum absolute atomic E-state index is 0.419. The molecule has 0 radical (unpaired) electrons. The first kappa shape index (κ1) is 14.2. The van der Waals surface area contributed by atoms with Crippen LogP contribution < -0.4 is 0 Å². The van der Waals surface area contributed by atoms with Crippen LogP contribution in [0.3, 0.4) is 0 Å². The van der Waals surface area contributed by atoms with E-state index in [0.29, 0.717) is 16.8 Å². The lowest BCUT2D eigenvalue weighted by molar-refractivity contribution is -0.137. The van der Waals surface area contributed by atoms with Crippen LogP contribution in [0.25, 0.3) is 22.4 Å². The second kappa shape index (κ2) is 5.55. The summed E-state index contributed by atoms with van der Waals surface area (Å²) < 4.78 is 38.6. The van der Waals surface area contributed by atoms with Crippen molar-refractivity contribution >= 4 is 0 Å². The van der Waals surface area contributed by atoms with Crippen LogP contribution in [0.4, 0.5) is 13.2 Å². The minimum Gasteiger partial charge on any atom is -0.265 e. The van der Waals surface area contributed by atoms with Gasteiger partial charge in [0.05, 0.1) is 11.3 Å². The number of rotatable bonds is 2. The Bertz CT molecular complexity index is 786. The van der Waals surface area contributed by atoms with Crippen molar-refractivity contribution in [3.8, 4) is 22.4 Å². The lowest BCUT2D eigenvalue weighted by Crippen LogP contribution is -2.04. The second-order valence-corrected chi connectivity index (χ2v) is 4.60. The minimum atomic E-state index is -4.39. The molecular weight excluding hydrogens is 291 g/mol. The number of benzene rings is 1. The van der Waals surface area contributed by atoms with Crippen molar-refractivity contribution in [3.63, 3.8) is 0 Å². The van der Waals surface area contributed by atoms with Gasteiger partial charge in [-0.15, -0.1) is 0 Å². The number of aromatic nitrogens is 3. The third-order valence-electron chi connectivity index (χ3n) is 3.17. The van der Waals surface area contributed by atoms with E-state index in [9.17, 15) is 13.2 Å². The number of alkyl halides is 3. The summed E-state index contributed by atoms with van der Waals surface area (Å²) in [4.78, 5) is 12.1. The van der Waals surface area contributed by atoms with Crippen LogP contribution in [0.15, 0.2) is 61.3 Å². The molecule has 110 valence electrons. The Morgan fingerprint density at radius 1 is 0.864 bits per heavy atom. The van der Waals surface area contributed by atoms with Crippen LogP contribution in [-0.2, 0) is 6.18 Å². The normalized spacial score (nSPS) is 11.4. The Kier molecular flexibility index (Phi) is 3.58. The number of nitrogens with zero attached hydrogens (tertiary/aromatic N) is 3. The van der Waals surface area contributed by atoms with E-state index < -0.39 is 11.7 Å². The highest BCUT2D eigenvalue weighted by Gasteiger charge is 2.30. The second-order valence-electron chi connectivity index (χ2n) is 4.60. The molecule has 0 aliphatic carbocycles. The smallest absolute Gasteiger partial charge is 0.265 e. The predicted molar refractivity (Wildman–Crippen MR) is 75.7 cm³/mol. The maximum atomic E-state index is 12.9. The molecule has 0 unspecified atom stereocenters. The Hall–Kier alpha value is -2.76. The van der Waals surface area contributed by atoms with Gasteiger partial charge in [0.2, 0.25) is 0 Å². The summed E-state index contributed by atoms with van der Waals surface area (Å²) in [6.07, 6.45) is 1.70. The molecule has 0 bridgehead atoms. The van der Waals surface area contributed by atoms with Crippen molar-refractivity contribution in [2.45, 2.75) is 6.18 Å². The molecule has 0 saturated heterocycles. The van der Waals surface area contributed by atoms with Crippen LogP contribution in [0.5, 0.6) is 0 Å². The van der Waals surface area contributed by atoms with E-state index in [-0.39, 0.29) is 0 Å². The maximum absolute atomic E-state index is 12.9. The SMILES string of the molecule is FC(F)(F)c1cccc(-c2cncnc2-c2ccncc2)c1. The van der Waals surface area contributed by atoms with E-state index in [1.807, 2.05) is 0 Å². The van der Waals surface area contributed by atoms with Gasteiger partial charge in [-0.3, -0.25) is 4.98 Å². The summed E-state index contributed by atoms with van der Waals surface area (Å²) in [6.45, 7) is 0. The maximum Gasteiger partial charge on any atom is 0.416 e. The van der Waals surface area contributed by atoms with Crippen LogP contribution in [-0.4, -0.2) is 15.0 Å². The highest BCUT2D eigenvalue weighted by atomic mass is 19.4. The molecule has 1 aromatic carbocycles. The molecule has 0 fully saturated rings. The van der Waals surface area contributed by atoms with E-state index >= 15 is 0 Å². The van der Waals surface area contributed by atoms with Gasteiger partial charge in [-0.2, -0.15) is 13.2 Å². The van der Waals surface area contributed by atoms with Crippen LogP contribution in [0.1, 0.15) is 5.56 Å². The lowest BCUT2D eigenvalue weighted by Gasteiger charge is -2.11. The summed E-state index contributed by atoms with van der Waals surface area (Å²) >= 11 is 0. The van der Waals surface area contributed by atoms with Gasteiger partial charge in [-0.25, -0.2) is 9.97 Å². The largest absolute Gasteiger partial charge is 0.416 e. The topological polar surface area (TPSA) is 38.7 Å². The quantitative estimate of drug-likeness (QED) is 0.711. The van der Waals surface area contributed by atoms with Gasteiger partial charge in [0, 0.05) is 29.7 Å². The zero-order valence-corrected chi connectivity index (χ0v) is 11.2. The Morgan fingerprint density at radius 3 is 2.36 bits per heavy atom. The van der Waals surface area contributed by atoms with Crippen molar-refractivity contribution in [2.75, 3.05) is 0 Å². The van der Waals surface area contributed by atoms with Crippen molar-refractivity contribution < 1.29 is 13.2 Å². The van der Waals surface area contributed by atoms with Gasteiger partial charge in [0.15, 0.2) is 0 Å². The molecule has 3 nitrogen and oxygen atoms in total. The fourth-order valence-corrected chi connectivity index (χ4v) is 2.14. The monoisotopic (exact) mass is 301 g/mol. The molecule has 0 aliphatic rings. The van der Waals surface area contributed by atoms with Gasteiger partial charge in [-0.1, -0.05) is 12.1 Å². The van der Waals surface area contributed by atoms with E-state index in [2.05, 4.69) is 15.0 Å². The molecule has 0 saturated carbocycles. The van der Waals surface area contributed by atoms with Crippen molar-refractivity contribution in [2.24, 2.45) is 0 Å². The summed E-state index contributed by atoms with van der Waals surface area (Å²) in [5.41, 5.74) is 1.60. The van der Waals surface area contributed by atoms with E-state index in [0.717, 1.165) is 17.7 Å². The average Bonchev–Trinajstić information content (AvgIpc) is 2.55. The Labute approximate surface area is 124 Å². The van der Waals surface area contributed by atoms with E-state index in [1.165, 1.54) is 18.6 Å². The summed E-state index contributed by atoms with van der Waals surface area (Å²) in [6, 6.07) is 8.63.